The van der Waals surface area contributed by atoms with E-state index in [0.717, 1.165) is 6.26 Å². The van der Waals surface area contributed by atoms with Crippen molar-refractivity contribution in [3.8, 4) is 0 Å². The molecule has 0 N–H and O–H groups in total. The van der Waals surface area contributed by atoms with Gasteiger partial charge in [-0.1, -0.05) is 6.08 Å². The second kappa shape index (κ2) is 8.18. The standard InChI is InChI=1S/C16H27NO7S/c1-7-8-9-11-12(24-25(6,20)21)10-17(13(11)14(18)22-5)15(19)23-16(2,3)4/h7,11-13H,1,8-10H2,2-6H3/t11-,12-,13+/m1/s1. The van der Waals surface area contributed by atoms with E-state index in [2.05, 4.69) is 6.58 Å². The van der Waals surface area contributed by atoms with E-state index in [1.807, 2.05) is 0 Å². The molecule has 0 aromatic rings. The molecule has 144 valence electrons. The fourth-order valence-electron chi connectivity index (χ4n) is 2.79. The maximum atomic E-state index is 12.5. The second-order valence-electron chi connectivity index (χ2n) is 6.97. The Labute approximate surface area is 149 Å². The number of hydrogen-bond donors (Lipinski definition) is 0. The summed E-state index contributed by atoms with van der Waals surface area (Å²) in [6, 6.07) is -0.980. The highest BCUT2D eigenvalue weighted by molar-refractivity contribution is 7.86. The van der Waals surface area contributed by atoms with Crippen molar-refractivity contribution in [3.63, 3.8) is 0 Å². The molecule has 0 spiro atoms. The van der Waals surface area contributed by atoms with Gasteiger partial charge in [-0.3, -0.25) is 9.08 Å². The number of amides is 1. The van der Waals surface area contributed by atoms with Crippen LogP contribution in [0.3, 0.4) is 0 Å². The zero-order chi connectivity index (χ0) is 19.4. The van der Waals surface area contributed by atoms with Crippen LogP contribution >= 0.6 is 0 Å². The highest BCUT2D eigenvalue weighted by Crippen LogP contribution is 2.33. The van der Waals surface area contributed by atoms with Crippen LogP contribution in [-0.2, 0) is 28.6 Å². The zero-order valence-corrected chi connectivity index (χ0v) is 16.2. The average Bonchev–Trinajstić information content (AvgIpc) is 2.79. The molecule has 1 aliphatic rings. The van der Waals surface area contributed by atoms with Gasteiger partial charge in [0.05, 0.1) is 19.9 Å². The lowest BCUT2D eigenvalue weighted by atomic mass is 9.93. The van der Waals surface area contributed by atoms with Crippen LogP contribution in [-0.4, -0.2) is 63.0 Å². The molecular formula is C16H27NO7S. The fourth-order valence-corrected chi connectivity index (χ4v) is 3.44. The number of hydrogen-bond acceptors (Lipinski definition) is 7. The van der Waals surface area contributed by atoms with Gasteiger partial charge in [0, 0.05) is 5.92 Å². The van der Waals surface area contributed by atoms with E-state index in [-0.39, 0.29) is 6.54 Å². The first-order valence-electron chi connectivity index (χ1n) is 7.96. The normalized spacial score (nSPS) is 24.0. The Kier molecular flexibility index (Phi) is 7.01. The van der Waals surface area contributed by atoms with Crippen molar-refractivity contribution >= 4 is 22.2 Å². The Morgan fingerprint density at radius 1 is 1.32 bits per heavy atom. The highest BCUT2D eigenvalue weighted by atomic mass is 32.2. The number of allylic oxidation sites excluding steroid dienone is 1. The van der Waals surface area contributed by atoms with Gasteiger partial charge in [0.25, 0.3) is 10.1 Å². The predicted octanol–water partition coefficient (Wildman–Crippen LogP) is 1.71. The Morgan fingerprint density at radius 3 is 2.36 bits per heavy atom. The third-order valence-corrected chi connectivity index (χ3v) is 4.27. The van der Waals surface area contributed by atoms with E-state index in [1.54, 1.807) is 26.8 Å². The van der Waals surface area contributed by atoms with E-state index in [4.69, 9.17) is 13.7 Å². The van der Waals surface area contributed by atoms with E-state index in [0.29, 0.717) is 12.8 Å². The number of likely N-dealkylation sites (tertiary alicyclic amines) is 1. The molecule has 0 unspecified atom stereocenters. The average molecular weight is 377 g/mol. The Hall–Kier alpha value is -1.61. The predicted molar refractivity (Wildman–Crippen MR) is 91.4 cm³/mol. The highest BCUT2D eigenvalue weighted by Gasteiger charge is 2.50. The monoisotopic (exact) mass is 377 g/mol. The molecule has 1 aliphatic heterocycles. The first-order chi connectivity index (χ1) is 11.4. The largest absolute Gasteiger partial charge is 0.467 e. The molecular weight excluding hydrogens is 350 g/mol. The second-order valence-corrected chi connectivity index (χ2v) is 8.57. The molecule has 1 fully saturated rings. The van der Waals surface area contributed by atoms with Crippen molar-refractivity contribution in [1.29, 1.82) is 0 Å². The molecule has 0 saturated carbocycles. The molecule has 1 amide bonds. The lowest BCUT2D eigenvalue weighted by Gasteiger charge is -2.28. The number of nitrogens with zero attached hydrogens (tertiary/aromatic N) is 1. The molecule has 0 radical (unpaired) electrons. The summed E-state index contributed by atoms with van der Waals surface area (Å²) in [4.78, 5) is 26.0. The third kappa shape index (κ3) is 6.32. The number of carbonyl (C=O) groups is 2. The number of esters is 1. The molecule has 9 heteroatoms. The molecule has 8 nitrogen and oxygen atoms in total. The Balaban J connectivity index is 3.18. The molecule has 25 heavy (non-hydrogen) atoms. The van der Waals surface area contributed by atoms with Crippen LogP contribution < -0.4 is 0 Å². The van der Waals surface area contributed by atoms with E-state index in [9.17, 15) is 18.0 Å². The smallest absolute Gasteiger partial charge is 0.411 e. The van der Waals surface area contributed by atoms with Crippen LogP contribution in [0.5, 0.6) is 0 Å². The van der Waals surface area contributed by atoms with E-state index < -0.39 is 45.8 Å². The third-order valence-electron chi connectivity index (χ3n) is 3.67. The van der Waals surface area contributed by atoms with Crippen molar-refractivity contribution in [2.45, 2.75) is 51.4 Å². The van der Waals surface area contributed by atoms with Crippen LogP contribution in [0.2, 0.25) is 0 Å². The molecule has 0 aromatic carbocycles. The summed E-state index contributed by atoms with van der Waals surface area (Å²) in [7, 11) is -2.55. The van der Waals surface area contributed by atoms with Crippen molar-refractivity contribution in [2.24, 2.45) is 5.92 Å². The van der Waals surface area contributed by atoms with Gasteiger partial charge in [0.1, 0.15) is 17.7 Å². The van der Waals surface area contributed by atoms with Gasteiger partial charge in [-0.05, 0) is 33.6 Å². The molecule has 1 heterocycles. The Morgan fingerprint density at radius 2 is 1.92 bits per heavy atom. The number of carbonyl (C=O) groups excluding carboxylic acids is 2. The van der Waals surface area contributed by atoms with Crippen LogP contribution in [0.15, 0.2) is 12.7 Å². The molecule has 1 saturated heterocycles. The van der Waals surface area contributed by atoms with Gasteiger partial charge < -0.3 is 9.47 Å². The minimum absolute atomic E-state index is 0.0798. The summed E-state index contributed by atoms with van der Waals surface area (Å²) in [5.41, 5.74) is -0.760. The Bertz CT molecular complexity index is 608. The molecule has 0 aromatic heterocycles. The van der Waals surface area contributed by atoms with Gasteiger partial charge >= 0.3 is 12.1 Å². The van der Waals surface area contributed by atoms with Gasteiger partial charge in [-0.2, -0.15) is 8.42 Å². The lowest BCUT2D eigenvalue weighted by molar-refractivity contribution is -0.147. The minimum atomic E-state index is -3.76. The van der Waals surface area contributed by atoms with Gasteiger partial charge in [-0.15, -0.1) is 6.58 Å². The fraction of sp³-hybridized carbons (Fsp3) is 0.750. The van der Waals surface area contributed by atoms with Gasteiger partial charge in [-0.25, -0.2) is 9.59 Å². The van der Waals surface area contributed by atoms with Crippen LogP contribution in [0.25, 0.3) is 0 Å². The number of ether oxygens (including phenoxy) is 2. The summed E-state index contributed by atoms with van der Waals surface area (Å²) >= 11 is 0. The number of rotatable bonds is 6. The summed E-state index contributed by atoms with van der Waals surface area (Å²) in [5, 5.41) is 0. The molecule has 3 atom stereocenters. The van der Waals surface area contributed by atoms with Gasteiger partial charge in [0.2, 0.25) is 0 Å². The van der Waals surface area contributed by atoms with E-state index >= 15 is 0 Å². The maximum Gasteiger partial charge on any atom is 0.411 e. The number of methoxy groups -OCH3 is 1. The van der Waals surface area contributed by atoms with Crippen molar-refractivity contribution < 1.29 is 31.7 Å². The van der Waals surface area contributed by atoms with Crippen molar-refractivity contribution in [2.75, 3.05) is 19.9 Å². The summed E-state index contributed by atoms with van der Waals surface area (Å²) in [6.07, 6.45) is 1.97. The molecule has 0 aliphatic carbocycles. The van der Waals surface area contributed by atoms with Crippen LogP contribution in [0.4, 0.5) is 4.79 Å². The quantitative estimate of drug-likeness (QED) is 0.395. The summed E-state index contributed by atoms with van der Waals surface area (Å²) < 4.78 is 38.4. The first-order valence-corrected chi connectivity index (χ1v) is 9.78. The summed E-state index contributed by atoms with van der Waals surface area (Å²) in [6.45, 7) is 8.66. The zero-order valence-electron chi connectivity index (χ0n) is 15.4. The molecule has 1 rings (SSSR count). The van der Waals surface area contributed by atoms with Gasteiger partial charge in [0.15, 0.2) is 0 Å². The van der Waals surface area contributed by atoms with Crippen LogP contribution in [0, 0.1) is 5.92 Å². The SMILES string of the molecule is C=CCC[C@H]1[C@@H](C(=O)OC)N(C(=O)OC(C)(C)C)C[C@H]1OS(C)(=O)=O. The van der Waals surface area contributed by atoms with Crippen molar-refractivity contribution in [1.82, 2.24) is 4.90 Å². The van der Waals surface area contributed by atoms with Crippen LogP contribution in [0.1, 0.15) is 33.6 Å². The maximum absolute atomic E-state index is 12.5. The lowest BCUT2D eigenvalue weighted by Crippen LogP contribution is -2.46. The van der Waals surface area contributed by atoms with E-state index in [1.165, 1.54) is 12.0 Å². The topological polar surface area (TPSA) is 99.2 Å². The summed E-state index contributed by atoms with van der Waals surface area (Å²) in [5.74, 6) is -1.19. The first kappa shape index (κ1) is 21.4. The van der Waals surface area contributed by atoms with Crippen molar-refractivity contribution in [3.05, 3.63) is 12.7 Å². The molecule has 0 bridgehead atoms. The minimum Gasteiger partial charge on any atom is -0.467 e.